The van der Waals surface area contributed by atoms with Gasteiger partial charge in [-0.2, -0.15) is 13.2 Å². The van der Waals surface area contributed by atoms with E-state index in [-0.39, 0.29) is 0 Å². The minimum absolute atomic E-state index is 0.739. The number of carbonyl (C=O) groups is 1. The third kappa shape index (κ3) is 5.72. The van der Waals surface area contributed by atoms with Gasteiger partial charge < -0.3 is 13.8 Å². The fourth-order valence-electron chi connectivity index (χ4n) is 0.824. The second-order valence-electron chi connectivity index (χ2n) is 2.81. The van der Waals surface area contributed by atoms with Crippen LogP contribution in [0.2, 0.25) is 0 Å². The zero-order valence-corrected chi connectivity index (χ0v) is 10.6. The smallest absolute Gasteiger partial charge is 0.426 e. The van der Waals surface area contributed by atoms with Crippen molar-refractivity contribution in [2.75, 3.05) is 26.3 Å². The maximum Gasteiger partial charge on any atom is 0.426 e. The van der Waals surface area contributed by atoms with Gasteiger partial charge in [-0.3, -0.25) is 9.36 Å². The monoisotopic (exact) mass is 298 g/mol. The highest BCUT2D eigenvalue weighted by Crippen LogP contribution is 2.49. The minimum Gasteiger partial charge on any atom is -0.451 e. The van der Waals surface area contributed by atoms with E-state index in [9.17, 15) is 22.5 Å². The van der Waals surface area contributed by atoms with Crippen LogP contribution in [-0.2, 0) is 23.1 Å². The van der Waals surface area contributed by atoms with E-state index in [0.29, 0.717) is 0 Å². The van der Waals surface area contributed by atoms with E-state index in [2.05, 4.69) is 13.8 Å². The number of rotatable bonds is 6. The molecule has 0 saturated carbocycles. The molecule has 0 aliphatic rings. The summed E-state index contributed by atoms with van der Waals surface area (Å²) in [4.78, 5) is 10.7. The molecular weight excluding hydrogens is 287 g/mol. The van der Waals surface area contributed by atoms with E-state index in [1.165, 1.54) is 0 Å². The van der Waals surface area contributed by atoms with Gasteiger partial charge in [0.2, 0.25) is 6.10 Å². The maximum atomic E-state index is 12.5. The van der Waals surface area contributed by atoms with Crippen molar-refractivity contribution in [3.8, 4) is 0 Å². The average molecular weight is 299 g/mol. The highest BCUT2D eigenvalue weighted by molar-refractivity contribution is 7.53. The summed E-state index contributed by atoms with van der Waals surface area (Å²) in [7, 11) is -2.08. The van der Waals surface area contributed by atoms with Crippen molar-refractivity contribution >= 4 is 25.2 Å². The summed E-state index contributed by atoms with van der Waals surface area (Å²) in [6, 6.07) is 0. The molecule has 0 N–H and O–H groups in total. The molecule has 102 valence electrons. The van der Waals surface area contributed by atoms with Crippen LogP contribution >= 0.6 is 19.2 Å². The summed E-state index contributed by atoms with van der Waals surface area (Å²) >= 11 is 5.01. The molecule has 10 heteroatoms. The van der Waals surface area contributed by atoms with Crippen molar-refractivity contribution in [2.24, 2.45) is 0 Å². The molecule has 0 aliphatic carbocycles. The van der Waals surface area contributed by atoms with Crippen molar-refractivity contribution in [1.82, 2.24) is 0 Å². The molecule has 0 amide bonds. The molecule has 17 heavy (non-hydrogen) atoms. The number of ether oxygens (including phenoxy) is 1. The summed E-state index contributed by atoms with van der Waals surface area (Å²) in [5.41, 5.74) is 0. The quantitative estimate of drug-likeness (QED) is 0.427. The summed E-state index contributed by atoms with van der Waals surface area (Å²) in [5.74, 6) is -2.01. The number of esters is 1. The van der Waals surface area contributed by atoms with Crippen molar-refractivity contribution in [1.29, 1.82) is 0 Å². The van der Waals surface area contributed by atoms with Crippen LogP contribution in [0.15, 0.2) is 0 Å². The molecule has 5 nitrogen and oxygen atoms in total. The van der Waals surface area contributed by atoms with Gasteiger partial charge in [0, 0.05) is 14.2 Å². The molecule has 0 saturated heterocycles. The Morgan fingerprint density at radius 2 is 1.82 bits per heavy atom. The first-order valence-corrected chi connectivity index (χ1v) is 6.47. The number of hydrogen-bond acceptors (Lipinski definition) is 5. The number of hydrogen-bond donors (Lipinski definition) is 0. The van der Waals surface area contributed by atoms with Crippen molar-refractivity contribution in [2.45, 2.75) is 12.3 Å². The van der Waals surface area contributed by atoms with Gasteiger partial charge in [0.05, 0.1) is 6.16 Å². The van der Waals surface area contributed by atoms with Crippen LogP contribution in [0.4, 0.5) is 13.2 Å². The van der Waals surface area contributed by atoms with Crippen LogP contribution in [0.5, 0.6) is 0 Å². The zero-order chi connectivity index (χ0) is 13.7. The van der Waals surface area contributed by atoms with Gasteiger partial charge in [-0.25, -0.2) is 0 Å². The van der Waals surface area contributed by atoms with Gasteiger partial charge in [0.1, 0.15) is 5.88 Å². The lowest BCUT2D eigenvalue weighted by Gasteiger charge is -2.23. The molecule has 0 bridgehead atoms. The molecule has 0 aromatic carbocycles. The molecule has 0 aromatic rings. The first-order valence-electron chi connectivity index (χ1n) is 4.21. The summed E-state index contributed by atoms with van der Waals surface area (Å²) in [5, 5.41) is 0. The van der Waals surface area contributed by atoms with E-state index < -0.39 is 37.9 Å². The maximum absolute atomic E-state index is 12.5. The molecule has 0 spiro atoms. The Morgan fingerprint density at radius 1 is 1.35 bits per heavy atom. The summed E-state index contributed by atoms with van der Waals surface area (Å²) in [6.45, 7) is 0. The predicted molar refractivity (Wildman–Crippen MR) is 53.1 cm³/mol. The molecule has 0 heterocycles. The highest BCUT2D eigenvalue weighted by Gasteiger charge is 2.47. The lowest BCUT2D eigenvalue weighted by Crippen LogP contribution is -2.37. The Hall–Kier alpha value is -0.300. The van der Waals surface area contributed by atoms with Gasteiger partial charge in [-0.05, 0) is 0 Å². The Labute approximate surface area is 101 Å². The second kappa shape index (κ2) is 6.58. The van der Waals surface area contributed by atoms with Gasteiger partial charge in [0.15, 0.2) is 0 Å². The highest BCUT2D eigenvalue weighted by atomic mass is 35.5. The summed E-state index contributed by atoms with van der Waals surface area (Å²) < 4.78 is 61.6. The minimum atomic E-state index is -4.88. The lowest BCUT2D eigenvalue weighted by molar-refractivity contribution is -0.214. The molecule has 0 aromatic heterocycles. The molecule has 0 rings (SSSR count). The molecular formula is C7H11ClF3O5P. The molecule has 0 radical (unpaired) electrons. The Balaban J connectivity index is 4.84. The van der Waals surface area contributed by atoms with Crippen molar-refractivity contribution < 1.29 is 36.3 Å². The normalized spacial score (nSPS) is 14.5. The van der Waals surface area contributed by atoms with Crippen LogP contribution in [0.1, 0.15) is 0 Å². The first-order chi connectivity index (χ1) is 7.68. The number of carbonyl (C=O) groups excluding carboxylic acids is 1. The second-order valence-corrected chi connectivity index (χ2v) is 5.40. The fraction of sp³-hybridized carbons (Fsp3) is 0.857. The Bertz CT molecular complexity index is 300. The van der Waals surface area contributed by atoms with E-state index in [1.807, 2.05) is 0 Å². The molecule has 0 fully saturated rings. The van der Waals surface area contributed by atoms with E-state index >= 15 is 0 Å². The van der Waals surface area contributed by atoms with E-state index in [4.69, 9.17) is 11.6 Å². The third-order valence-corrected chi connectivity index (χ3v) is 3.80. The van der Waals surface area contributed by atoms with Gasteiger partial charge in [0.25, 0.3) is 0 Å². The first kappa shape index (κ1) is 16.7. The third-order valence-electron chi connectivity index (χ3n) is 1.69. The standard InChI is InChI=1S/C7H11ClF3O5P/c1-14-17(13,15-2)4-5(7(9,10)11)16-6(12)3-8/h5H,3-4H2,1-2H3. The van der Waals surface area contributed by atoms with Gasteiger partial charge in [-0.1, -0.05) is 0 Å². The fourth-order valence-corrected chi connectivity index (χ4v) is 2.02. The van der Waals surface area contributed by atoms with Crippen LogP contribution in [0, 0.1) is 0 Å². The van der Waals surface area contributed by atoms with Crippen molar-refractivity contribution in [3.05, 3.63) is 0 Å². The van der Waals surface area contributed by atoms with Crippen LogP contribution < -0.4 is 0 Å². The molecule has 1 unspecified atom stereocenters. The van der Waals surface area contributed by atoms with E-state index in [1.54, 1.807) is 0 Å². The lowest BCUT2D eigenvalue weighted by atomic mass is 10.4. The molecule has 1 atom stereocenters. The Morgan fingerprint density at radius 3 is 2.12 bits per heavy atom. The SMILES string of the molecule is COP(=O)(CC(OC(=O)CCl)C(F)(F)F)OC. The predicted octanol–water partition coefficient (Wildman–Crippen LogP) is 2.19. The van der Waals surface area contributed by atoms with E-state index in [0.717, 1.165) is 14.2 Å². The van der Waals surface area contributed by atoms with Crippen molar-refractivity contribution in [3.63, 3.8) is 0 Å². The van der Waals surface area contributed by atoms with Crippen LogP contribution in [-0.4, -0.2) is 44.5 Å². The van der Waals surface area contributed by atoms with Crippen LogP contribution in [0.3, 0.4) is 0 Å². The zero-order valence-electron chi connectivity index (χ0n) is 8.99. The topological polar surface area (TPSA) is 61.8 Å². The summed E-state index contributed by atoms with van der Waals surface area (Å²) in [6.07, 6.45) is -8.58. The van der Waals surface area contributed by atoms with Crippen LogP contribution in [0.25, 0.3) is 0 Å². The number of alkyl halides is 4. The average Bonchev–Trinajstić information content (AvgIpc) is 2.26. The molecule has 0 aliphatic heterocycles. The van der Waals surface area contributed by atoms with Gasteiger partial charge in [-0.15, -0.1) is 11.6 Å². The Kier molecular flexibility index (Phi) is 6.47. The van der Waals surface area contributed by atoms with Gasteiger partial charge >= 0.3 is 19.7 Å². The largest absolute Gasteiger partial charge is 0.451 e. The number of halogens is 4.